The second kappa shape index (κ2) is 10.1. The first-order valence-electron chi connectivity index (χ1n) is 9.72. The van der Waals surface area contributed by atoms with E-state index in [1.165, 1.54) is 13.2 Å². The van der Waals surface area contributed by atoms with Crippen molar-refractivity contribution in [3.05, 3.63) is 65.5 Å². The smallest absolute Gasteiger partial charge is 0.339 e. The number of carbonyl (C=O) groups excluding carboxylic acids is 2. The molecule has 0 radical (unpaired) electrons. The molecule has 1 saturated heterocycles. The number of rotatable bonds is 6. The summed E-state index contributed by atoms with van der Waals surface area (Å²) in [4.78, 5) is 28.6. The molecule has 1 N–H and O–H groups in total. The Morgan fingerprint density at radius 1 is 1.00 bits per heavy atom. The third kappa shape index (κ3) is 5.85. The fourth-order valence-corrected chi connectivity index (χ4v) is 3.48. The van der Waals surface area contributed by atoms with Gasteiger partial charge >= 0.3 is 5.97 Å². The van der Waals surface area contributed by atoms with Crippen LogP contribution in [0.3, 0.4) is 0 Å². The molecular formula is C22H26FN3O3. The number of carbonyl (C=O) groups is 2. The molecule has 2 aromatic carbocycles. The van der Waals surface area contributed by atoms with Crippen molar-refractivity contribution in [3.8, 4) is 0 Å². The molecule has 0 unspecified atom stereocenters. The van der Waals surface area contributed by atoms with E-state index in [0.29, 0.717) is 23.4 Å². The van der Waals surface area contributed by atoms with Crippen molar-refractivity contribution in [3.63, 3.8) is 0 Å². The lowest BCUT2D eigenvalue weighted by atomic mass is 10.2. The molecule has 1 amide bonds. The van der Waals surface area contributed by atoms with Crippen LogP contribution in [0.1, 0.15) is 22.3 Å². The van der Waals surface area contributed by atoms with Gasteiger partial charge in [0.05, 0.1) is 24.9 Å². The number of ether oxygens (including phenoxy) is 1. The molecule has 3 rings (SSSR count). The van der Waals surface area contributed by atoms with E-state index in [9.17, 15) is 14.0 Å². The molecule has 1 fully saturated rings. The number of para-hydroxylation sites is 1. The second-order valence-electron chi connectivity index (χ2n) is 7.08. The molecule has 0 aromatic heterocycles. The maximum Gasteiger partial charge on any atom is 0.339 e. The van der Waals surface area contributed by atoms with Crippen LogP contribution in [0.15, 0.2) is 48.5 Å². The van der Waals surface area contributed by atoms with Crippen molar-refractivity contribution >= 4 is 17.6 Å². The number of halogens is 1. The van der Waals surface area contributed by atoms with Gasteiger partial charge in [-0.1, -0.05) is 30.3 Å². The molecule has 0 aliphatic carbocycles. The minimum atomic E-state index is -0.487. The quantitative estimate of drug-likeness (QED) is 0.757. The van der Waals surface area contributed by atoms with Crippen LogP contribution in [0.4, 0.5) is 10.1 Å². The summed E-state index contributed by atoms with van der Waals surface area (Å²) < 4.78 is 18.7. The maximum atomic E-state index is 13.9. The van der Waals surface area contributed by atoms with Gasteiger partial charge in [0, 0.05) is 25.2 Å². The molecule has 6 nitrogen and oxygen atoms in total. The lowest BCUT2D eigenvalue weighted by Crippen LogP contribution is -2.36. The number of hydrogen-bond donors (Lipinski definition) is 1. The molecular weight excluding hydrogens is 373 g/mol. The summed E-state index contributed by atoms with van der Waals surface area (Å²) in [5, 5.41) is 2.81. The Balaban J connectivity index is 1.53. The topological polar surface area (TPSA) is 61.9 Å². The number of nitrogens with one attached hydrogen (secondary N) is 1. The van der Waals surface area contributed by atoms with E-state index in [0.717, 1.165) is 32.6 Å². The second-order valence-corrected chi connectivity index (χ2v) is 7.08. The number of nitrogens with zero attached hydrogens (tertiary/aromatic N) is 2. The molecule has 0 atom stereocenters. The number of hydrogen-bond acceptors (Lipinski definition) is 5. The van der Waals surface area contributed by atoms with Crippen LogP contribution >= 0.6 is 0 Å². The molecule has 154 valence electrons. The zero-order valence-electron chi connectivity index (χ0n) is 16.6. The third-order valence-electron chi connectivity index (χ3n) is 5.01. The summed E-state index contributed by atoms with van der Waals surface area (Å²) in [5.74, 6) is -0.847. The normalized spacial score (nSPS) is 15.5. The monoisotopic (exact) mass is 399 g/mol. The van der Waals surface area contributed by atoms with Crippen molar-refractivity contribution < 1.29 is 18.7 Å². The van der Waals surface area contributed by atoms with Gasteiger partial charge in [0.1, 0.15) is 5.82 Å². The van der Waals surface area contributed by atoms with Crippen molar-refractivity contribution in [2.45, 2.75) is 13.0 Å². The van der Waals surface area contributed by atoms with Crippen LogP contribution in [0.5, 0.6) is 0 Å². The first kappa shape index (κ1) is 21.0. The number of methoxy groups -OCH3 is 1. The fraction of sp³-hybridized carbons (Fsp3) is 0.364. The number of amides is 1. The summed E-state index contributed by atoms with van der Waals surface area (Å²) in [6, 6.07) is 13.6. The van der Waals surface area contributed by atoms with E-state index in [1.807, 2.05) is 12.1 Å². The predicted molar refractivity (Wildman–Crippen MR) is 109 cm³/mol. The lowest BCUT2D eigenvalue weighted by molar-refractivity contribution is -0.117. The van der Waals surface area contributed by atoms with E-state index in [1.54, 1.807) is 30.3 Å². The molecule has 29 heavy (non-hydrogen) atoms. The largest absolute Gasteiger partial charge is 0.465 e. The van der Waals surface area contributed by atoms with Crippen LogP contribution in [0.2, 0.25) is 0 Å². The van der Waals surface area contributed by atoms with E-state index < -0.39 is 5.97 Å². The Kier molecular flexibility index (Phi) is 7.32. The summed E-state index contributed by atoms with van der Waals surface area (Å²) in [6.45, 7) is 3.95. The van der Waals surface area contributed by atoms with Gasteiger partial charge in [0.25, 0.3) is 0 Å². The average molecular weight is 399 g/mol. The highest BCUT2D eigenvalue weighted by atomic mass is 19.1. The molecule has 0 spiro atoms. The molecule has 2 aromatic rings. The lowest BCUT2D eigenvalue weighted by Gasteiger charge is -2.22. The molecule has 1 aliphatic rings. The molecule has 7 heteroatoms. The van der Waals surface area contributed by atoms with Gasteiger partial charge in [-0.25, -0.2) is 9.18 Å². The van der Waals surface area contributed by atoms with Gasteiger partial charge in [-0.15, -0.1) is 0 Å². The van der Waals surface area contributed by atoms with Gasteiger partial charge in [-0.05, 0) is 37.7 Å². The molecule has 0 bridgehead atoms. The zero-order chi connectivity index (χ0) is 20.6. The van der Waals surface area contributed by atoms with Crippen molar-refractivity contribution in [1.82, 2.24) is 9.80 Å². The standard InChI is InChI=1S/C22H26FN3O3/c1-29-22(28)18-8-3-5-10-20(18)24-21(27)16-26-12-6-11-25(13-14-26)15-17-7-2-4-9-19(17)23/h2-5,7-10H,6,11-16H2,1H3,(H,24,27). The number of anilines is 1. The average Bonchev–Trinajstić information content (AvgIpc) is 2.94. The predicted octanol–water partition coefficient (Wildman–Crippen LogP) is 2.76. The van der Waals surface area contributed by atoms with E-state index in [-0.39, 0.29) is 18.3 Å². The summed E-state index contributed by atoms with van der Waals surface area (Å²) in [5.41, 5.74) is 1.47. The van der Waals surface area contributed by atoms with Crippen LogP contribution in [-0.4, -0.2) is 61.5 Å². The van der Waals surface area contributed by atoms with Crippen molar-refractivity contribution in [1.29, 1.82) is 0 Å². The van der Waals surface area contributed by atoms with E-state index in [4.69, 9.17) is 4.74 Å². The van der Waals surface area contributed by atoms with E-state index >= 15 is 0 Å². The number of esters is 1. The molecule has 0 saturated carbocycles. The maximum absolute atomic E-state index is 13.9. The Hall–Kier alpha value is -2.77. The first-order valence-corrected chi connectivity index (χ1v) is 9.72. The number of benzene rings is 2. The highest BCUT2D eigenvalue weighted by molar-refractivity contribution is 6.01. The Morgan fingerprint density at radius 2 is 1.69 bits per heavy atom. The molecule has 1 aliphatic heterocycles. The first-order chi connectivity index (χ1) is 14.1. The van der Waals surface area contributed by atoms with Gasteiger partial charge in [0.15, 0.2) is 0 Å². The van der Waals surface area contributed by atoms with Crippen LogP contribution in [-0.2, 0) is 16.1 Å². The summed E-state index contributed by atoms with van der Waals surface area (Å²) in [7, 11) is 1.31. The Morgan fingerprint density at radius 3 is 2.48 bits per heavy atom. The van der Waals surface area contributed by atoms with Crippen molar-refractivity contribution in [2.75, 3.05) is 45.2 Å². The van der Waals surface area contributed by atoms with Crippen LogP contribution in [0.25, 0.3) is 0 Å². The van der Waals surface area contributed by atoms with Crippen LogP contribution < -0.4 is 5.32 Å². The van der Waals surface area contributed by atoms with Gasteiger partial charge in [-0.3, -0.25) is 14.6 Å². The third-order valence-corrected chi connectivity index (χ3v) is 5.01. The van der Waals surface area contributed by atoms with Gasteiger partial charge in [-0.2, -0.15) is 0 Å². The highest BCUT2D eigenvalue weighted by Crippen LogP contribution is 2.16. The minimum Gasteiger partial charge on any atom is -0.465 e. The summed E-state index contributed by atoms with van der Waals surface area (Å²) >= 11 is 0. The summed E-state index contributed by atoms with van der Waals surface area (Å²) in [6.07, 6.45) is 0.903. The highest BCUT2D eigenvalue weighted by Gasteiger charge is 2.19. The Labute approximate surface area is 170 Å². The van der Waals surface area contributed by atoms with Gasteiger partial charge in [0.2, 0.25) is 5.91 Å². The SMILES string of the molecule is COC(=O)c1ccccc1NC(=O)CN1CCCN(Cc2ccccc2F)CC1. The van der Waals surface area contributed by atoms with Crippen LogP contribution in [0, 0.1) is 5.82 Å². The zero-order valence-corrected chi connectivity index (χ0v) is 16.6. The Bertz CT molecular complexity index is 859. The van der Waals surface area contributed by atoms with Crippen molar-refractivity contribution in [2.24, 2.45) is 0 Å². The molecule has 1 heterocycles. The fourth-order valence-electron chi connectivity index (χ4n) is 3.48. The van der Waals surface area contributed by atoms with E-state index in [2.05, 4.69) is 15.1 Å². The van der Waals surface area contributed by atoms with Gasteiger partial charge < -0.3 is 10.1 Å². The minimum absolute atomic E-state index is 0.177.